The first kappa shape index (κ1) is 26.3. The molecule has 34 heavy (non-hydrogen) atoms. The van der Waals surface area contributed by atoms with Gasteiger partial charge in [-0.15, -0.1) is 6.58 Å². The van der Waals surface area contributed by atoms with Crippen LogP contribution in [0.25, 0.3) is 0 Å². The second kappa shape index (κ2) is 12.4. The van der Waals surface area contributed by atoms with Gasteiger partial charge in [0.15, 0.2) is 23.2 Å². The van der Waals surface area contributed by atoms with Crippen molar-refractivity contribution in [3.8, 4) is 5.75 Å². The third-order valence-electron chi connectivity index (χ3n) is 6.88. The number of benzene rings is 2. The van der Waals surface area contributed by atoms with Gasteiger partial charge in [0.1, 0.15) is 0 Å². The van der Waals surface area contributed by atoms with Gasteiger partial charge in [-0.2, -0.15) is 4.39 Å². The van der Waals surface area contributed by atoms with Gasteiger partial charge in [0.2, 0.25) is 5.82 Å². The van der Waals surface area contributed by atoms with E-state index in [1.165, 1.54) is 12.1 Å². The van der Waals surface area contributed by atoms with Crippen LogP contribution in [0.1, 0.15) is 87.0 Å². The Kier molecular flexibility index (Phi) is 9.57. The number of aryl methyl sites for hydroxylation is 1. The number of halogens is 4. The third kappa shape index (κ3) is 6.21. The Labute approximate surface area is 199 Å². The van der Waals surface area contributed by atoms with Crippen LogP contribution in [0.2, 0.25) is 0 Å². The molecule has 0 radical (unpaired) electrons. The van der Waals surface area contributed by atoms with Crippen molar-refractivity contribution in [2.24, 2.45) is 5.92 Å². The SMILES string of the molecule is C=CCCOc1ccc(C2CCC(CCc3ccc(C(O)CCC)c(F)c3F)CC2)c(F)c1F. The van der Waals surface area contributed by atoms with Crippen LogP contribution in [0.4, 0.5) is 17.6 Å². The summed E-state index contributed by atoms with van der Waals surface area (Å²) in [5, 5.41) is 10.0. The predicted octanol–water partition coefficient (Wildman–Crippen LogP) is 7.94. The third-order valence-corrected chi connectivity index (χ3v) is 6.88. The zero-order valence-electron chi connectivity index (χ0n) is 19.8. The van der Waals surface area contributed by atoms with E-state index in [9.17, 15) is 22.7 Å². The minimum Gasteiger partial charge on any atom is -0.490 e. The van der Waals surface area contributed by atoms with Crippen LogP contribution < -0.4 is 4.74 Å². The van der Waals surface area contributed by atoms with Gasteiger partial charge in [0.25, 0.3) is 0 Å². The Bertz CT molecular complexity index is 967. The van der Waals surface area contributed by atoms with Crippen LogP contribution in [0.3, 0.4) is 0 Å². The maximum atomic E-state index is 14.7. The topological polar surface area (TPSA) is 29.5 Å². The molecule has 0 aromatic heterocycles. The summed E-state index contributed by atoms with van der Waals surface area (Å²) in [4.78, 5) is 0. The van der Waals surface area contributed by atoms with Crippen LogP contribution in [0.15, 0.2) is 36.9 Å². The summed E-state index contributed by atoms with van der Waals surface area (Å²) in [7, 11) is 0. The molecule has 1 aliphatic rings. The lowest BCUT2D eigenvalue weighted by Crippen LogP contribution is -2.16. The molecule has 0 aliphatic heterocycles. The van der Waals surface area contributed by atoms with E-state index in [1.54, 1.807) is 18.2 Å². The standard InChI is InChI=1S/C28H34F4O2/c1-3-5-17-34-24-16-15-21(26(30)28(24)32)19-10-7-18(8-11-19)9-12-20-13-14-22(23(33)6-4-2)27(31)25(20)29/h3,13-16,18-19,23,33H,1,4-12,17H2,2H3. The van der Waals surface area contributed by atoms with E-state index in [2.05, 4.69) is 6.58 Å². The van der Waals surface area contributed by atoms with Gasteiger partial charge in [-0.1, -0.05) is 37.6 Å². The first-order valence-corrected chi connectivity index (χ1v) is 12.2. The van der Waals surface area contributed by atoms with Gasteiger partial charge >= 0.3 is 0 Å². The first-order valence-electron chi connectivity index (χ1n) is 12.2. The molecule has 6 heteroatoms. The van der Waals surface area contributed by atoms with Crippen molar-refractivity contribution in [1.82, 2.24) is 0 Å². The number of aliphatic hydroxyl groups is 1. The number of rotatable bonds is 11. The molecule has 1 aliphatic carbocycles. The van der Waals surface area contributed by atoms with Crippen LogP contribution in [0, 0.1) is 29.2 Å². The van der Waals surface area contributed by atoms with E-state index in [1.807, 2.05) is 6.92 Å². The molecule has 0 spiro atoms. The highest BCUT2D eigenvalue weighted by atomic mass is 19.2. The molecule has 1 atom stereocenters. The van der Waals surface area contributed by atoms with Crippen molar-refractivity contribution < 1.29 is 27.4 Å². The first-order chi connectivity index (χ1) is 16.4. The average molecular weight is 479 g/mol. The maximum absolute atomic E-state index is 14.7. The highest BCUT2D eigenvalue weighted by Crippen LogP contribution is 2.40. The van der Waals surface area contributed by atoms with Gasteiger partial charge in [-0.3, -0.25) is 0 Å². The molecule has 2 aromatic carbocycles. The largest absolute Gasteiger partial charge is 0.490 e. The lowest BCUT2D eigenvalue weighted by Gasteiger charge is -2.29. The molecule has 0 amide bonds. The van der Waals surface area contributed by atoms with E-state index < -0.39 is 29.4 Å². The van der Waals surface area contributed by atoms with Crippen molar-refractivity contribution in [3.63, 3.8) is 0 Å². The summed E-state index contributed by atoms with van der Waals surface area (Å²) in [6, 6.07) is 6.14. The van der Waals surface area contributed by atoms with E-state index >= 15 is 0 Å². The minimum absolute atomic E-state index is 0.00925. The zero-order valence-corrected chi connectivity index (χ0v) is 19.8. The highest BCUT2D eigenvalue weighted by molar-refractivity contribution is 5.33. The summed E-state index contributed by atoms with van der Waals surface area (Å²) in [5.74, 6) is -3.47. The van der Waals surface area contributed by atoms with Crippen molar-refractivity contribution in [2.45, 2.75) is 76.7 Å². The molecule has 0 saturated heterocycles. The van der Waals surface area contributed by atoms with E-state index in [0.29, 0.717) is 49.1 Å². The van der Waals surface area contributed by atoms with Crippen molar-refractivity contribution in [1.29, 1.82) is 0 Å². The van der Waals surface area contributed by atoms with Gasteiger partial charge in [0.05, 0.1) is 12.7 Å². The Hall–Kier alpha value is -2.34. The predicted molar refractivity (Wildman–Crippen MR) is 126 cm³/mol. The minimum atomic E-state index is -0.998. The van der Waals surface area contributed by atoms with Crippen LogP contribution in [-0.4, -0.2) is 11.7 Å². The summed E-state index contributed by atoms with van der Waals surface area (Å²) in [5.41, 5.74) is 0.698. The lowest BCUT2D eigenvalue weighted by molar-refractivity contribution is 0.160. The number of hydrogen-bond acceptors (Lipinski definition) is 2. The molecule has 186 valence electrons. The molecule has 0 heterocycles. The monoisotopic (exact) mass is 478 g/mol. The number of ether oxygens (including phenoxy) is 1. The molecule has 3 rings (SSSR count). The molecule has 0 bridgehead atoms. The fourth-order valence-electron chi connectivity index (χ4n) is 4.83. The molecule has 1 unspecified atom stereocenters. The quantitative estimate of drug-likeness (QED) is 0.202. The van der Waals surface area contributed by atoms with Gasteiger partial charge in [-0.25, -0.2) is 13.2 Å². The van der Waals surface area contributed by atoms with Crippen LogP contribution in [0.5, 0.6) is 5.75 Å². The molecule has 1 saturated carbocycles. The summed E-state index contributed by atoms with van der Waals surface area (Å²) < 4.78 is 63.3. The Morgan fingerprint density at radius 3 is 2.41 bits per heavy atom. The van der Waals surface area contributed by atoms with Gasteiger partial charge in [-0.05, 0) is 80.4 Å². The Morgan fingerprint density at radius 2 is 1.74 bits per heavy atom. The summed E-state index contributed by atoms with van der Waals surface area (Å²) in [6.07, 6.45) is 6.45. The van der Waals surface area contributed by atoms with Crippen molar-refractivity contribution >= 4 is 0 Å². The molecule has 2 nitrogen and oxygen atoms in total. The van der Waals surface area contributed by atoms with E-state index in [-0.39, 0.29) is 23.8 Å². The second-order valence-electron chi connectivity index (χ2n) is 9.21. The number of hydrogen-bond donors (Lipinski definition) is 1. The van der Waals surface area contributed by atoms with E-state index in [0.717, 1.165) is 25.7 Å². The van der Waals surface area contributed by atoms with Crippen molar-refractivity contribution in [3.05, 3.63) is 76.9 Å². The van der Waals surface area contributed by atoms with Crippen LogP contribution >= 0.6 is 0 Å². The van der Waals surface area contributed by atoms with Gasteiger partial charge in [0, 0.05) is 5.56 Å². The number of aliphatic hydroxyl groups excluding tert-OH is 1. The van der Waals surface area contributed by atoms with Crippen molar-refractivity contribution in [2.75, 3.05) is 6.61 Å². The maximum Gasteiger partial charge on any atom is 0.200 e. The normalized spacial score (nSPS) is 19.1. The fourth-order valence-corrected chi connectivity index (χ4v) is 4.83. The Balaban J connectivity index is 1.55. The molecule has 1 N–H and O–H groups in total. The van der Waals surface area contributed by atoms with Crippen LogP contribution in [-0.2, 0) is 6.42 Å². The molecule has 1 fully saturated rings. The Morgan fingerprint density at radius 1 is 1.00 bits per heavy atom. The fraction of sp³-hybridized carbons (Fsp3) is 0.500. The van der Waals surface area contributed by atoms with Gasteiger partial charge < -0.3 is 9.84 Å². The molecular weight excluding hydrogens is 444 g/mol. The summed E-state index contributed by atoms with van der Waals surface area (Å²) >= 11 is 0. The molecule has 2 aromatic rings. The second-order valence-corrected chi connectivity index (χ2v) is 9.21. The molecular formula is C28H34F4O2. The van der Waals surface area contributed by atoms with E-state index in [4.69, 9.17) is 4.74 Å². The summed E-state index contributed by atoms with van der Waals surface area (Å²) in [6.45, 7) is 5.70. The lowest BCUT2D eigenvalue weighted by atomic mass is 9.76. The zero-order chi connectivity index (χ0) is 24.7. The highest BCUT2D eigenvalue weighted by Gasteiger charge is 2.27. The smallest absolute Gasteiger partial charge is 0.200 e. The average Bonchev–Trinajstić information content (AvgIpc) is 2.83.